The molecule has 0 saturated heterocycles. The average Bonchev–Trinajstić information content (AvgIpc) is 2.82. The molecule has 6 heteroatoms. The zero-order valence-electron chi connectivity index (χ0n) is 11.9. The molecule has 0 radical (unpaired) electrons. The van der Waals surface area contributed by atoms with Gasteiger partial charge in [-0.25, -0.2) is 4.39 Å². The van der Waals surface area contributed by atoms with E-state index in [1.807, 2.05) is 13.2 Å². The molecule has 0 unspecified atom stereocenters. The molecule has 0 fully saturated rings. The quantitative estimate of drug-likeness (QED) is 0.611. The summed E-state index contributed by atoms with van der Waals surface area (Å²) >= 11 is 2.90. The third-order valence-electron chi connectivity index (χ3n) is 3.04. The molecule has 3 N–H and O–H groups in total. The fourth-order valence-electron chi connectivity index (χ4n) is 1.90. The van der Waals surface area contributed by atoms with E-state index in [1.54, 1.807) is 12.1 Å². The number of halogens is 1. The predicted octanol–water partition coefficient (Wildman–Crippen LogP) is 4.40. The first-order chi connectivity index (χ1) is 10.1. The van der Waals surface area contributed by atoms with Crippen LogP contribution >= 0.6 is 23.1 Å². The number of anilines is 2. The summed E-state index contributed by atoms with van der Waals surface area (Å²) in [5.41, 5.74) is 7.59. The number of carbonyl (C=O) groups is 1. The van der Waals surface area contributed by atoms with Gasteiger partial charge in [-0.05, 0) is 24.0 Å². The van der Waals surface area contributed by atoms with Gasteiger partial charge in [-0.15, -0.1) is 23.1 Å². The van der Waals surface area contributed by atoms with Crippen molar-refractivity contribution >= 4 is 39.6 Å². The van der Waals surface area contributed by atoms with Gasteiger partial charge in [-0.3, -0.25) is 4.79 Å². The third kappa shape index (κ3) is 3.57. The maximum atomic E-state index is 12.9. The number of nitrogens with two attached hydrogens (primary N) is 1. The van der Waals surface area contributed by atoms with Gasteiger partial charge in [0.2, 0.25) is 0 Å². The zero-order chi connectivity index (χ0) is 15.4. The third-order valence-corrected chi connectivity index (χ3v) is 5.21. The highest BCUT2D eigenvalue weighted by Crippen LogP contribution is 2.42. The highest BCUT2D eigenvalue weighted by molar-refractivity contribution is 7.99. The Kier molecular flexibility index (Phi) is 5.25. The Bertz CT molecular complexity index is 638. The highest BCUT2D eigenvalue weighted by Gasteiger charge is 2.19. The van der Waals surface area contributed by atoms with Crippen LogP contribution in [0.5, 0.6) is 0 Å². The molecular weight excluding hydrogens is 307 g/mol. The van der Waals surface area contributed by atoms with E-state index in [-0.39, 0.29) is 11.6 Å². The maximum absolute atomic E-state index is 12.9. The number of ketones is 1. The molecule has 0 atom stereocenters. The van der Waals surface area contributed by atoms with Crippen molar-refractivity contribution in [3.05, 3.63) is 40.5 Å². The number of nitrogen functional groups attached to an aromatic ring is 1. The average molecular weight is 324 g/mol. The lowest BCUT2D eigenvalue weighted by Crippen LogP contribution is -1.99. The topological polar surface area (TPSA) is 55.1 Å². The first-order valence-corrected chi connectivity index (χ1v) is 8.58. The van der Waals surface area contributed by atoms with Crippen LogP contribution in [-0.4, -0.2) is 12.0 Å². The second-order valence-corrected chi connectivity index (χ2v) is 6.30. The van der Waals surface area contributed by atoms with Crippen molar-refractivity contribution in [2.45, 2.75) is 24.8 Å². The lowest BCUT2D eigenvalue weighted by atomic mass is 10.2. The van der Waals surface area contributed by atoms with Gasteiger partial charge < -0.3 is 11.1 Å². The maximum Gasteiger partial charge on any atom is 0.174 e. The summed E-state index contributed by atoms with van der Waals surface area (Å²) in [6.07, 6.45) is 2.37. The number of carbonyl (C=O) groups excluding carboxylic acids is 1. The van der Waals surface area contributed by atoms with E-state index in [2.05, 4.69) is 5.32 Å². The molecule has 0 bridgehead atoms. The van der Waals surface area contributed by atoms with Crippen LogP contribution in [0.25, 0.3) is 0 Å². The van der Waals surface area contributed by atoms with Crippen molar-refractivity contribution in [2.75, 3.05) is 17.3 Å². The number of nitrogens with one attached hydrogen (secondary N) is 1. The SMILES string of the molecule is CCC(=O)c1sc(NCc2ccc(F)cc2)c(SC)c1N. The van der Waals surface area contributed by atoms with Gasteiger partial charge in [-0.1, -0.05) is 19.1 Å². The second kappa shape index (κ2) is 6.95. The zero-order valence-corrected chi connectivity index (χ0v) is 13.5. The van der Waals surface area contributed by atoms with E-state index in [0.717, 1.165) is 15.5 Å². The standard InChI is InChI=1S/C15H17FN2OS2/c1-3-11(19)13-12(17)14(20-2)15(21-13)18-8-9-4-6-10(16)7-5-9/h4-7,18H,3,8,17H2,1-2H3. The van der Waals surface area contributed by atoms with E-state index in [9.17, 15) is 9.18 Å². The Morgan fingerprint density at radius 2 is 2.05 bits per heavy atom. The van der Waals surface area contributed by atoms with Crippen LogP contribution in [0.4, 0.5) is 15.1 Å². The molecule has 0 saturated carbocycles. The summed E-state index contributed by atoms with van der Waals surface area (Å²) in [6, 6.07) is 6.33. The minimum absolute atomic E-state index is 0.0580. The minimum atomic E-state index is -0.250. The van der Waals surface area contributed by atoms with Gasteiger partial charge in [0.05, 0.1) is 15.5 Å². The molecule has 0 amide bonds. The monoisotopic (exact) mass is 324 g/mol. The molecular formula is C15H17FN2OS2. The fourth-order valence-corrected chi connectivity index (χ4v) is 3.94. The fraction of sp³-hybridized carbons (Fsp3) is 0.267. The summed E-state index contributed by atoms with van der Waals surface area (Å²) in [6.45, 7) is 2.39. The molecule has 0 aliphatic rings. The summed E-state index contributed by atoms with van der Waals surface area (Å²) < 4.78 is 12.9. The molecule has 3 nitrogen and oxygen atoms in total. The molecule has 1 heterocycles. The summed E-state index contributed by atoms with van der Waals surface area (Å²) in [5, 5.41) is 4.17. The Morgan fingerprint density at radius 3 is 2.62 bits per heavy atom. The van der Waals surface area contributed by atoms with Gasteiger partial charge in [0.25, 0.3) is 0 Å². The largest absolute Gasteiger partial charge is 0.396 e. The Morgan fingerprint density at radius 1 is 1.38 bits per heavy atom. The number of benzene rings is 1. The van der Waals surface area contributed by atoms with Crippen LogP contribution in [0, 0.1) is 5.82 Å². The first kappa shape index (κ1) is 15.9. The van der Waals surface area contributed by atoms with Gasteiger partial charge >= 0.3 is 0 Å². The van der Waals surface area contributed by atoms with Crippen LogP contribution in [0.2, 0.25) is 0 Å². The van der Waals surface area contributed by atoms with Gasteiger partial charge in [0.1, 0.15) is 10.8 Å². The minimum Gasteiger partial charge on any atom is -0.396 e. The number of rotatable bonds is 6. The second-order valence-electron chi connectivity index (χ2n) is 4.46. The first-order valence-electron chi connectivity index (χ1n) is 6.54. The number of Topliss-reactive ketones (excluding diaryl/α,β-unsaturated/α-hetero) is 1. The van der Waals surface area contributed by atoms with Crippen LogP contribution in [0.15, 0.2) is 29.2 Å². The summed E-state index contributed by atoms with van der Waals surface area (Å²) in [4.78, 5) is 13.4. The van der Waals surface area contributed by atoms with Crippen molar-refractivity contribution in [3.63, 3.8) is 0 Å². The van der Waals surface area contributed by atoms with Crippen molar-refractivity contribution in [3.8, 4) is 0 Å². The number of thiophene rings is 1. The molecule has 0 aliphatic carbocycles. The van der Waals surface area contributed by atoms with E-state index < -0.39 is 0 Å². The molecule has 112 valence electrons. The van der Waals surface area contributed by atoms with E-state index in [0.29, 0.717) is 23.5 Å². The van der Waals surface area contributed by atoms with Gasteiger partial charge in [0.15, 0.2) is 5.78 Å². The highest BCUT2D eigenvalue weighted by atomic mass is 32.2. The smallest absolute Gasteiger partial charge is 0.174 e. The lowest BCUT2D eigenvalue weighted by molar-refractivity contribution is 0.0992. The van der Waals surface area contributed by atoms with E-state index in [1.165, 1.54) is 35.2 Å². The van der Waals surface area contributed by atoms with Gasteiger partial charge in [0, 0.05) is 13.0 Å². The van der Waals surface area contributed by atoms with Crippen molar-refractivity contribution in [1.82, 2.24) is 0 Å². The van der Waals surface area contributed by atoms with Crippen LogP contribution in [-0.2, 0) is 6.54 Å². The van der Waals surface area contributed by atoms with E-state index >= 15 is 0 Å². The van der Waals surface area contributed by atoms with Crippen LogP contribution in [0.3, 0.4) is 0 Å². The van der Waals surface area contributed by atoms with E-state index in [4.69, 9.17) is 5.73 Å². The predicted molar refractivity (Wildman–Crippen MR) is 88.9 cm³/mol. The molecule has 21 heavy (non-hydrogen) atoms. The van der Waals surface area contributed by atoms with Crippen molar-refractivity contribution in [1.29, 1.82) is 0 Å². The number of hydrogen-bond acceptors (Lipinski definition) is 5. The number of thioether (sulfide) groups is 1. The molecule has 2 rings (SSSR count). The van der Waals surface area contributed by atoms with Crippen molar-refractivity contribution in [2.24, 2.45) is 0 Å². The Balaban J connectivity index is 2.19. The molecule has 1 aromatic heterocycles. The van der Waals surface area contributed by atoms with Gasteiger partial charge in [-0.2, -0.15) is 0 Å². The molecule has 0 aliphatic heterocycles. The molecule has 0 spiro atoms. The van der Waals surface area contributed by atoms with Crippen molar-refractivity contribution < 1.29 is 9.18 Å². The summed E-state index contributed by atoms with van der Waals surface area (Å²) in [5.74, 6) is -0.192. The molecule has 2 aromatic rings. The normalized spacial score (nSPS) is 10.6. The Labute approximate surface area is 131 Å². The van der Waals surface area contributed by atoms with Crippen LogP contribution in [0.1, 0.15) is 28.6 Å². The molecule has 1 aromatic carbocycles. The Hall–Kier alpha value is -1.53. The number of hydrogen-bond donors (Lipinski definition) is 2. The summed E-state index contributed by atoms with van der Waals surface area (Å²) in [7, 11) is 0. The van der Waals surface area contributed by atoms with Crippen LogP contribution < -0.4 is 11.1 Å². The lowest BCUT2D eigenvalue weighted by Gasteiger charge is -2.06.